The van der Waals surface area contributed by atoms with Crippen molar-refractivity contribution in [3.05, 3.63) is 65.4 Å². The Morgan fingerprint density at radius 1 is 0.923 bits per heavy atom. The highest BCUT2D eigenvalue weighted by atomic mass is 16.5. The Morgan fingerprint density at radius 2 is 1.62 bits per heavy atom. The fraction of sp³-hybridized carbons (Fsp3) is 0.0526. The van der Waals surface area contributed by atoms with Crippen molar-refractivity contribution in [1.82, 2.24) is 0 Å². The van der Waals surface area contributed by atoms with Gasteiger partial charge in [-0.3, -0.25) is 4.79 Å². The van der Waals surface area contributed by atoms with Crippen LogP contribution in [0.15, 0.2) is 59.8 Å². The zero-order chi connectivity index (χ0) is 18.9. The van der Waals surface area contributed by atoms with E-state index in [1.165, 1.54) is 6.07 Å². The number of nitrogens with one attached hydrogen (secondary N) is 2. The maximum Gasteiger partial charge on any atom is 0.255 e. The normalized spacial score (nSPS) is 9.00. The zero-order valence-electron chi connectivity index (χ0n) is 13.8. The molecule has 0 aliphatic heterocycles. The molecule has 0 heterocycles. The number of allylic oxidation sites excluding steroid dienone is 2. The van der Waals surface area contributed by atoms with Gasteiger partial charge in [-0.05, 0) is 42.5 Å². The molecule has 2 N–H and O–H groups in total. The molecule has 0 spiro atoms. The van der Waals surface area contributed by atoms with E-state index in [1.807, 2.05) is 0 Å². The molecule has 0 radical (unpaired) electrons. The lowest BCUT2D eigenvalue weighted by Crippen LogP contribution is -2.12. The Labute approximate surface area is 150 Å². The molecular formula is C19H13N5O2. The number of nitrogens with zero attached hydrogens (tertiary/aromatic N) is 3. The van der Waals surface area contributed by atoms with Crippen molar-refractivity contribution in [2.75, 3.05) is 17.7 Å². The molecule has 0 saturated heterocycles. The molecule has 126 valence electrons. The molecule has 2 rings (SSSR count). The third-order valence-electron chi connectivity index (χ3n) is 3.33. The quantitative estimate of drug-likeness (QED) is 0.804. The van der Waals surface area contributed by atoms with Crippen molar-refractivity contribution in [2.24, 2.45) is 0 Å². The molecule has 0 fully saturated rings. The van der Waals surface area contributed by atoms with E-state index >= 15 is 0 Å². The Balaban J connectivity index is 2.19. The standard InChI is InChI=1S/C19H13N5O2/c1-26-17-7-5-15(6-8-17)24-19(25)13-3-2-4-16(9-13)23-18(12-22)14(10-20)11-21/h2-9,23H,1H3,(H,24,25). The lowest BCUT2D eigenvalue weighted by molar-refractivity contribution is 0.102. The molecule has 2 aromatic carbocycles. The van der Waals surface area contributed by atoms with Crippen LogP contribution in [-0.2, 0) is 0 Å². The van der Waals surface area contributed by atoms with E-state index in [4.69, 9.17) is 20.5 Å². The van der Waals surface area contributed by atoms with E-state index < -0.39 is 0 Å². The highest BCUT2D eigenvalue weighted by molar-refractivity contribution is 6.04. The van der Waals surface area contributed by atoms with Crippen molar-refractivity contribution < 1.29 is 9.53 Å². The maximum absolute atomic E-state index is 12.4. The van der Waals surface area contributed by atoms with Crippen LogP contribution in [0.2, 0.25) is 0 Å². The van der Waals surface area contributed by atoms with Crippen molar-refractivity contribution in [3.63, 3.8) is 0 Å². The van der Waals surface area contributed by atoms with Crippen LogP contribution in [0.4, 0.5) is 11.4 Å². The maximum atomic E-state index is 12.4. The summed E-state index contributed by atoms with van der Waals surface area (Å²) in [6.07, 6.45) is 0. The number of carbonyl (C=O) groups is 1. The number of amides is 1. The van der Waals surface area contributed by atoms with Crippen LogP contribution < -0.4 is 15.4 Å². The molecule has 0 unspecified atom stereocenters. The smallest absolute Gasteiger partial charge is 0.255 e. The van der Waals surface area contributed by atoms with E-state index in [0.29, 0.717) is 22.7 Å². The number of carbonyl (C=O) groups excluding carboxylic acids is 1. The minimum atomic E-state index is -0.345. The second kappa shape index (κ2) is 8.54. The molecule has 7 heteroatoms. The largest absolute Gasteiger partial charge is 0.497 e. The second-order valence-electron chi connectivity index (χ2n) is 4.97. The monoisotopic (exact) mass is 343 g/mol. The topological polar surface area (TPSA) is 122 Å². The SMILES string of the molecule is COc1ccc(NC(=O)c2cccc(NC(C#N)=C(C#N)C#N)c2)cc1. The predicted octanol–water partition coefficient (Wildman–Crippen LogP) is 3.18. The molecule has 2 aromatic rings. The van der Waals surface area contributed by atoms with Gasteiger partial charge in [0, 0.05) is 16.9 Å². The average Bonchev–Trinajstić information content (AvgIpc) is 2.68. The van der Waals surface area contributed by atoms with Gasteiger partial charge in [-0.1, -0.05) is 6.07 Å². The fourth-order valence-electron chi connectivity index (χ4n) is 2.04. The Kier molecular flexibility index (Phi) is 5.93. The number of anilines is 2. The number of ether oxygens (including phenoxy) is 1. The third-order valence-corrected chi connectivity index (χ3v) is 3.33. The summed E-state index contributed by atoms with van der Waals surface area (Å²) >= 11 is 0. The Morgan fingerprint density at radius 3 is 2.19 bits per heavy atom. The summed E-state index contributed by atoms with van der Waals surface area (Å²) in [5, 5.41) is 32.2. The van der Waals surface area contributed by atoms with Gasteiger partial charge < -0.3 is 15.4 Å². The minimum Gasteiger partial charge on any atom is -0.497 e. The van der Waals surface area contributed by atoms with Crippen LogP contribution in [0.3, 0.4) is 0 Å². The predicted molar refractivity (Wildman–Crippen MR) is 94.9 cm³/mol. The summed E-state index contributed by atoms with van der Waals surface area (Å²) in [6, 6.07) is 18.3. The third kappa shape index (κ3) is 4.38. The van der Waals surface area contributed by atoms with Gasteiger partial charge in [-0.2, -0.15) is 15.8 Å². The van der Waals surface area contributed by atoms with Gasteiger partial charge in [-0.15, -0.1) is 0 Å². The number of hydrogen-bond donors (Lipinski definition) is 2. The molecule has 7 nitrogen and oxygen atoms in total. The van der Waals surface area contributed by atoms with Gasteiger partial charge in [0.25, 0.3) is 5.91 Å². The van der Waals surface area contributed by atoms with Gasteiger partial charge in [0.2, 0.25) is 0 Å². The summed E-state index contributed by atoms with van der Waals surface area (Å²) in [5.74, 6) is 0.331. The van der Waals surface area contributed by atoms with Crippen LogP contribution in [0.5, 0.6) is 5.75 Å². The number of methoxy groups -OCH3 is 1. The van der Waals surface area contributed by atoms with Crippen LogP contribution in [0.25, 0.3) is 0 Å². The molecule has 0 aliphatic carbocycles. The number of rotatable bonds is 5. The summed E-state index contributed by atoms with van der Waals surface area (Å²) in [5.41, 5.74) is 0.844. The molecule has 0 saturated carbocycles. The first-order valence-corrected chi connectivity index (χ1v) is 7.38. The van der Waals surface area contributed by atoms with Crippen molar-refractivity contribution in [1.29, 1.82) is 15.8 Å². The molecule has 1 amide bonds. The molecule has 0 aliphatic rings. The lowest BCUT2D eigenvalue weighted by atomic mass is 10.1. The van der Waals surface area contributed by atoms with Crippen molar-refractivity contribution in [3.8, 4) is 24.0 Å². The summed E-state index contributed by atoms with van der Waals surface area (Å²) in [4.78, 5) is 12.4. The highest BCUT2D eigenvalue weighted by Gasteiger charge is 2.10. The highest BCUT2D eigenvalue weighted by Crippen LogP contribution is 2.18. The zero-order valence-corrected chi connectivity index (χ0v) is 13.8. The summed E-state index contributed by atoms with van der Waals surface area (Å²) in [6.45, 7) is 0. The van der Waals surface area contributed by atoms with Crippen molar-refractivity contribution >= 4 is 17.3 Å². The molecule has 26 heavy (non-hydrogen) atoms. The van der Waals surface area contributed by atoms with Crippen molar-refractivity contribution in [2.45, 2.75) is 0 Å². The van der Waals surface area contributed by atoms with E-state index in [-0.39, 0.29) is 17.2 Å². The average molecular weight is 343 g/mol. The van der Waals surface area contributed by atoms with E-state index in [2.05, 4.69) is 10.6 Å². The molecular weight excluding hydrogens is 330 g/mol. The van der Waals surface area contributed by atoms with Gasteiger partial charge in [-0.25, -0.2) is 0 Å². The van der Waals surface area contributed by atoms with E-state index in [1.54, 1.807) is 67.8 Å². The van der Waals surface area contributed by atoms with E-state index in [0.717, 1.165) is 0 Å². The molecule has 0 bridgehead atoms. The van der Waals surface area contributed by atoms with Crippen LogP contribution in [0.1, 0.15) is 10.4 Å². The Bertz CT molecular complexity index is 957. The number of benzene rings is 2. The van der Waals surface area contributed by atoms with Gasteiger partial charge >= 0.3 is 0 Å². The van der Waals surface area contributed by atoms with Gasteiger partial charge in [0.05, 0.1) is 7.11 Å². The summed E-state index contributed by atoms with van der Waals surface area (Å²) < 4.78 is 5.06. The lowest BCUT2D eigenvalue weighted by Gasteiger charge is -2.09. The van der Waals surface area contributed by atoms with Gasteiger partial charge in [0.1, 0.15) is 29.7 Å². The number of nitriles is 3. The first kappa shape index (κ1) is 18.1. The minimum absolute atomic E-state index is 0.178. The van der Waals surface area contributed by atoms with Crippen LogP contribution in [0, 0.1) is 34.0 Å². The fourth-order valence-corrected chi connectivity index (χ4v) is 2.04. The van der Waals surface area contributed by atoms with Gasteiger partial charge in [0.15, 0.2) is 5.57 Å². The Hall–Kier alpha value is -4.28. The summed E-state index contributed by atoms with van der Waals surface area (Å²) in [7, 11) is 1.56. The second-order valence-corrected chi connectivity index (χ2v) is 4.97. The first-order chi connectivity index (χ1) is 12.6. The van der Waals surface area contributed by atoms with Crippen LogP contribution >= 0.6 is 0 Å². The molecule has 0 aromatic heterocycles. The number of hydrogen-bond acceptors (Lipinski definition) is 6. The first-order valence-electron chi connectivity index (χ1n) is 7.38. The molecule has 0 atom stereocenters. The van der Waals surface area contributed by atoms with Crippen LogP contribution in [-0.4, -0.2) is 13.0 Å². The van der Waals surface area contributed by atoms with E-state index in [9.17, 15) is 4.79 Å².